The molecular formula is C21H26N6O. The summed E-state index contributed by atoms with van der Waals surface area (Å²) < 4.78 is 3.54. The fourth-order valence-corrected chi connectivity index (χ4v) is 3.90. The third-order valence-electron chi connectivity index (χ3n) is 5.55. The quantitative estimate of drug-likeness (QED) is 0.702. The third kappa shape index (κ3) is 3.17. The van der Waals surface area contributed by atoms with E-state index < -0.39 is 0 Å². The van der Waals surface area contributed by atoms with Crippen LogP contribution in [0.4, 0.5) is 5.69 Å². The van der Waals surface area contributed by atoms with Gasteiger partial charge in [-0.25, -0.2) is 0 Å². The van der Waals surface area contributed by atoms with E-state index in [1.54, 1.807) is 4.68 Å². The minimum absolute atomic E-state index is 0.0353. The number of carbonyl (C=O) groups excluding carboxylic acids is 1. The van der Waals surface area contributed by atoms with Gasteiger partial charge in [-0.1, -0.05) is 18.2 Å². The van der Waals surface area contributed by atoms with Crippen LogP contribution in [-0.4, -0.2) is 56.5 Å². The van der Waals surface area contributed by atoms with Gasteiger partial charge >= 0.3 is 0 Å². The number of aryl methyl sites for hydroxylation is 3. The molecule has 1 aliphatic heterocycles. The second-order valence-corrected chi connectivity index (χ2v) is 7.32. The molecule has 2 aromatic heterocycles. The second-order valence-electron chi connectivity index (χ2n) is 7.32. The Morgan fingerprint density at radius 2 is 1.61 bits per heavy atom. The molecule has 0 atom stereocenters. The molecular weight excluding hydrogens is 352 g/mol. The Kier molecular flexibility index (Phi) is 4.66. The van der Waals surface area contributed by atoms with E-state index in [2.05, 4.69) is 27.2 Å². The van der Waals surface area contributed by atoms with Gasteiger partial charge in [0.25, 0.3) is 5.91 Å². The summed E-state index contributed by atoms with van der Waals surface area (Å²) in [6.45, 7) is 7.08. The number of nitrogens with zero attached hydrogens (tertiary/aromatic N) is 6. The van der Waals surface area contributed by atoms with Crippen LogP contribution in [0.1, 0.15) is 21.9 Å². The van der Waals surface area contributed by atoms with Crippen LogP contribution in [0.25, 0.3) is 11.3 Å². The maximum absolute atomic E-state index is 13.1. The lowest BCUT2D eigenvalue weighted by atomic mass is 10.1. The fourth-order valence-electron chi connectivity index (χ4n) is 3.90. The second kappa shape index (κ2) is 7.14. The first-order valence-electron chi connectivity index (χ1n) is 9.59. The molecule has 1 amide bonds. The molecule has 7 heteroatoms. The number of piperazine rings is 1. The van der Waals surface area contributed by atoms with Crippen molar-refractivity contribution in [3.63, 3.8) is 0 Å². The molecule has 0 saturated carbocycles. The van der Waals surface area contributed by atoms with Crippen molar-refractivity contribution in [2.75, 3.05) is 31.1 Å². The van der Waals surface area contributed by atoms with Crippen molar-refractivity contribution < 1.29 is 4.79 Å². The van der Waals surface area contributed by atoms with E-state index in [4.69, 9.17) is 0 Å². The van der Waals surface area contributed by atoms with Crippen molar-refractivity contribution in [1.29, 1.82) is 0 Å². The number of benzene rings is 1. The average molecular weight is 378 g/mol. The van der Waals surface area contributed by atoms with Crippen LogP contribution in [0.2, 0.25) is 0 Å². The van der Waals surface area contributed by atoms with Crippen molar-refractivity contribution in [1.82, 2.24) is 24.5 Å². The summed E-state index contributed by atoms with van der Waals surface area (Å²) in [6, 6.07) is 12.2. The SMILES string of the molecule is Cc1nn(C)c(C)c1-c1cc(C(=O)N2CCN(c3ccccc3)CC2)n(C)n1. The third-order valence-corrected chi connectivity index (χ3v) is 5.55. The molecule has 4 rings (SSSR count). The van der Waals surface area contributed by atoms with Crippen LogP contribution in [0.5, 0.6) is 0 Å². The van der Waals surface area contributed by atoms with Crippen LogP contribution in [0.3, 0.4) is 0 Å². The molecule has 1 aliphatic rings. The first kappa shape index (κ1) is 18.3. The van der Waals surface area contributed by atoms with Crippen molar-refractivity contribution >= 4 is 11.6 Å². The van der Waals surface area contributed by atoms with Gasteiger partial charge in [0.1, 0.15) is 5.69 Å². The molecule has 3 heterocycles. The van der Waals surface area contributed by atoms with E-state index in [9.17, 15) is 4.79 Å². The maximum Gasteiger partial charge on any atom is 0.272 e. The van der Waals surface area contributed by atoms with Crippen molar-refractivity contribution in [3.05, 3.63) is 53.5 Å². The molecule has 28 heavy (non-hydrogen) atoms. The highest BCUT2D eigenvalue weighted by Gasteiger charge is 2.26. The highest BCUT2D eigenvalue weighted by atomic mass is 16.2. The first-order valence-corrected chi connectivity index (χ1v) is 9.59. The highest BCUT2D eigenvalue weighted by molar-refractivity contribution is 5.94. The molecule has 3 aromatic rings. The van der Waals surface area contributed by atoms with E-state index in [0.717, 1.165) is 35.7 Å². The molecule has 0 bridgehead atoms. The van der Waals surface area contributed by atoms with Gasteiger partial charge < -0.3 is 9.80 Å². The summed E-state index contributed by atoms with van der Waals surface area (Å²) in [7, 11) is 3.76. The molecule has 0 radical (unpaired) electrons. The van der Waals surface area contributed by atoms with Crippen LogP contribution >= 0.6 is 0 Å². The van der Waals surface area contributed by atoms with Gasteiger partial charge in [0.05, 0.1) is 11.4 Å². The van der Waals surface area contributed by atoms with Gasteiger partial charge in [-0.3, -0.25) is 14.2 Å². The molecule has 0 aliphatic carbocycles. The smallest absolute Gasteiger partial charge is 0.272 e. The lowest BCUT2D eigenvalue weighted by Gasteiger charge is -2.36. The number of aromatic nitrogens is 4. The molecule has 0 spiro atoms. The molecule has 7 nitrogen and oxygen atoms in total. The number of carbonyl (C=O) groups is 1. The Morgan fingerprint density at radius 1 is 0.929 bits per heavy atom. The number of anilines is 1. The van der Waals surface area contributed by atoms with Crippen LogP contribution in [0, 0.1) is 13.8 Å². The zero-order valence-electron chi connectivity index (χ0n) is 16.9. The molecule has 1 aromatic carbocycles. The van der Waals surface area contributed by atoms with E-state index in [0.29, 0.717) is 18.8 Å². The monoisotopic (exact) mass is 378 g/mol. The van der Waals surface area contributed by atoms with Gasteiger partial charge in [0, 0.05) is 57.2 Å². The number of rotatable bonds is 3. The summed E-state index contributed by atoms with van der Waals surface area (Å²) in [5.41, 5.74) is 5.60. The Hall–Kier alpha value is -3.09. The topological polar surface area (TPSA) is 59.2 Å². The fraction of sp³-hybridized carbons (Fsp3) is 0.381. The maximum atomic E-state index is 13.1. The van der Waals surface area contributed by atoms with E-state index in [1.807, 2.05) is 61.8 Å². The molecule has 0 unspecified atom stereocenters. The normalized spacial score (nSPS) is 14.6. The van der Waals surface area contributed by atoms with Gasteiger partial charge in [-0.05, 0) is 32.0 Å². The van der Waals surface area contributed by atoms with E-state index >= 15 is 0 Å². The average Bonchev–Trinajstić information content (AvgIpc) is 3.20. The number of hydrogen-bond acceptors (Lipinski definition) is 4. The van der Waals surface area contributed by atoms with Gasteiger partial charge in [0.15, 0.2) is 0 Å². The zero-order chi connectivity index (χ0) is 19.8. The van der Waals surface area contributed by atoms with Gasteiger partial charge in [-0.15, -0.1) is 0 Å². The van der Waals surface area contributed by atoms with Gasteiger partial charge in [-0.2, -0.15) is 10.2 Å². The standard InChI is InChI=1S/C21H26N6O/c1-15-20(16(2)24(3)22-15)18-14-19(25(4)23-18)21(28)27-12-10-26(11-13-27)17-8-6-5-7-9-17/h5-9,14H,10-13H2,1-4H3. The summed E-state index contributed by atoms with van der Waals surface area (Å²) in [5.74, 6) is 0.0353. The Morgan fingerprint density at radius 3 is 2.21 bits per heavy atom. The molecule has 146 valence electrons. The van der Waals surface area contributed by atoms with Crippen molar-refractivity contribution in [2.45, 2.75) is 13.8 Å². The summed E-state index contributed by atoms with van der Waals surface area (Å²) in [4.78, 5) is 17.3. The lowest BCUT2D eigenvalue weighted by molar-refractivity contribution is 0.0735. The summed E-state index contributed by atoms with van der Waals surface area (Å²) in [6.07, 6.45) is 0. The Labute approximate surface area is 165 Å². The zero-order valence-corrected chi connectivity index (χ0v) is 16.9. The van der Waals surface area contributed by atoms with Crippen molar-refractivity contribution in [2.24, 2.45) is 14.1 Å². The number of amides is 1. The largest absolute Gasteiger partial charge is 0.368 e. The predicted octanol–water partition coefficient (Wildman–Crippen LogP) is 2.40. The minimum Gasteiger partial charge on any atom is -0.368 e. The van der Waals surface area contributed by atoms with Crippen molar-refractivity contribution in [3.8, 4) is 11.3 Å². The Bertz CT molecular complexity index is 996. The number of para-hydroxylation sites is 1. The summed E-state index contributed by atoms with van der Waals surface area (Å²) in [5, 5.41) is 9.06. The van der Waals surface area contributed by atoms with Crippen LogP contribution < -0.4 is 4.90 Å². The molecule has 0 N–H and O–H groups in total. The lowest BCUT2D eigenvalue weighted by Crippen LogP contribution is -2.49. The number of hydrogen-bond donors (Lipinski definition) is 0. The van der Waals surface area contributed by atoms with Crippen LogP contribution in [-0.2, 0) is 14.1 Å². The predicted molar refractivity (Wildman–Crippen MR) is 109 cm³/mol. The van der Waals surface area contributed by atoms with Crippen LogP contribution in [0.15, 0.2) is 36.4 Å². The first-order chi connectivity index (χ1) is 13.5. The van der Waals surface area contributed by atoms with E-state index in [1.165, 1.54) is 5.69 Å². The minimum atomic E-state index is 0.0353. The molecule has 1 fully saturated rings. The Balaban J connectivity index is 1.51. The highest BCUT2D eigenvalue weighted by Crippen LogP contribution is 2.26. The van der Waals surface area contributed by atoms with E-state index in [-0.39, 0.29) is 5.91 Å². The van der Waals surface area contributed by atoms with Gasteiger partial charge in [0.2, 0.25) is 0 Å². The molecule has 1 saturated heterocycles. The summed E-state index contributed by atoms with van der Waals surface area (Å²) >= 11 is 0.